The second kappa shape index (κ2) is 20.9. The number of nitrogens with zero attached hydrogens (tertiary/aromatic N) is 1. The first-order valence-electron chi connectivity index (χ1n) is 16.8. The summed E-state index contributed by atoms with van der Waals surface area (Å²) in [5, 5.41) is 7.68. The highest BCUT2D eigenvalue weighted by Gasteiger charge is 2.35. The maximum absolute atomic E-state index is 13.4. The number of nitrogens with one attached hydrogen (secondary N) is 3. The summed E-state index contributed by atoms with van der Waals surface area (Å²) >= 11 is 1.16. The molecule has 50 heavy (non-hydrogen) atoms. The highest BCUT2D eigenvalue weighted by molar-refractivity contribution is 8.13. The number of carbonyl (C=O) groups is 6. The monoisotopic (exact) mass is 740 g/mol. The van der Waals surface area contributed by atoms with Crippen molar-refractivity contribution in [1.82, 2.24) is 16.0 Å². The average molecular weight is 741 g/mol. The summed E-state index contributed by atoms with van der Waals surface area (Å²) in [6.07, 6.45) is 2.66. The molecule has 1 aliphatic heterocycles. The van der Waals surface area contributed by atoms with Crippen LogP contribution in [0.2, 0.25) is 25.7 Å². The van der Waals surface area contributed by atoms with Crippen molar-refractivity contribution in [2.24, 2.45) is 10.9 Å². The molecule has 0 bridgehead atoms. The van der Waals surface area contributed by atoms with Gasteiger partial charge in [-0.1, -0.05) is 57.4 Å². The third-order valence-corrected chi connectivity index (χ3v) is 9.34. The summed E-state index contributed by atoms with van der Waals surface area (Å²) in [5.41, 5.74) is -0.815. The van der Waals surface area contributed by atoms with Crippen molar-refractivity contribution in [3.8, 4) is 0 Å². The summed E-state index contributed by atoms with van der Waals surface area (Å²) in [6, 6.07) is -1.34. The fourth-order valence-electron chi connectivity index (χ4n) is 4.16. The van der Waals surface area contributed by atoms with Crippen LogP contribution in [-0.2, 0) is 42.9 Å². The molecule has 0 aromatic carbocycles. The van der Waals surface area contributed by atoms with Crippen LogP contribution in [0.15, 0.2) is 28.9 Å². The van der Waals surface area contributed by atoms with E-state index in [9.17, 15) is 28.8 Å². The normalized spacial score (nSPS) is 17.7. The summed E-state index contributed by atoms with van der Waals surface area (Å²) in [4.78, 5) is 79.9. The maximum atomic E-state index is 13.4. The van der Waals surface area contributed by atoms with Crippen LogP contribution in [0.4, 0.5) is 4.79 Å². The predicted octanol–water partition coefficient (Wildman–Crippen LogP) is 4.27. The molecule has 14 nitrogen and oxygen atoms in total. The van der Waals surface area contributed by atoms with Gasteiger partial charge in [-0.05, 0) is 59.1 Å². The Bertz CT molecular complexity index is 1300. The molecule has 282 valence electrons. The Hall–Kier alpha value is -3.66. The number of amides is 3. The molecule has 3 amide bonds. The van der Waals surface area contributed by atoms with E-state index in [4.69, 9.17) is 18.9 Å². The molecule has 4 atom stereocenters. The molecular weight excluding hydrogens is 685 g/mol. The van der Waals surface area contributed by atoms with Gasteiger partial charge in [0.2, 0.25) is 5.90 Å². The number of allylic oxidation sites excluding steroid dienone is 2. The van der Waals surface area contributed by atoms with Gasteiger partial charge < -0.3 is 34.9 Å². The Kier molecular flexibility index (Phi) is 18.5. The summed E-state index contributed by atoms with van der Waals surface area (Å²) in [5.74, 6) is -2.44. The van der Waals surface area contributed by atoms with Gasteiger partial charge in [-0.25, -0.2) is 14.6 Å². The first-order valence-corrected chi connectivity index (χ1v) is 21.5. The highest BCUT2D eigenvalue weighted by Crippen LogP contribution is 2.16. The number of esters is 2. The fourth-order valence-corrected chi connectivity index (χ4v) is 5.41. The molecule has 16 heteroatoms. The number of aliphatic imine (C=N–C) groups is 1. The van der Waals surface area contributed by atoms with Crippen LogP contribution in [0.1, 0.15) is 68.2 Å². The Morgan fingerprint density at radius 3 is 2.32 bits per heavy atom. The van der Waals surface area contributed by atoms with E-state index in [0.29, 0.717) is 12.2 Å². The quantitative estimate of drug-likeness (QED) is 0.0455. The Morgan fingerprint density at radius 2 is 1.76 bits per heavy atom. The molecule has 0 saturated carbocycles. The van der Waals surface area contributed by atoms with Gasteiger partial charge in [0.05, 0.1) is 19.6 Å². The van der Waals surface area contributed by atoms with E-state index >= 15 is 0 Å². The number of alkyl carbamates (subject to hydrolysis) is 1. The van der Waals surface area contributed by atoms with E-state index in [2.05, 4.69) is 40.6 Å². The molecule has 0 aliphatic carbocycles. The van der Waals surface area contributed by atoms with E-state index in [1.165, 1.54) is 13.0 Å². The minimum Gasteiger partial charge on any atom is -0.474 e. The molecule has 1 aliphatic rings. The summed E-state index contributed by atoms with van der Waals surface area (Å²) < 4.78 is 21.9. The van der Waals surface area contributed by atoms with E-state index in [1.807, 2.05) is 0 Å². The zero-order valence-corrected chi connectivity index (χ0v) is 33.1. The van der Waals surface area contributed by atoms with Gasteiger partial charge in [-0.15, -0.1) is 0 Å². The standard InChI is InChI=1S/C34H56N4O10SSi/c1-12-25(36-31(42)29-22(4)46-26(37-29)20-35-33(44)48-34(6,7)8)30(41)38-28(21(2)3)32(43)47-24(15-13-14-17-49-23(5)39)19-27(40)45-16-18-50(9,10)11/h12-13,15,21-22,24,28-29H,14,16-20H2,1-11H3,(H,35,44)(H,36,42)(H,38,41)/b15-13+,25-12-/t22-,24-,28+,29?/m1/s1. The van der Waals surface area contributed by atoms with Crippen LogP contribution < -0.4 is 16.0 Å². The Labute approximate surface area is 301 Å². The van der Waals surface area contributed by atoms with Gasteiger partial charge >= 0.3 is 18.0 Å². The van der Waals surface area contributed by atoms with Crippen molar-refractivity contribution in [3.05, 3.63) is 23.9 Å². The fraction of sp³-hybridized carbons (Fsp3) is 0.676. The van der Waals surface area contributed by atoms with Gasteiger partial charge in [0.25, 0.3) is 11.8 Å². The number of hydrogen-bond donors (Lipinski definition) is 3. The average Bonchev–Trinajstić information content (AvgIpc) is 3.35. The molecule has 0 saturated heterocycles. The second-order valence-corrected chi connectivity index (χ2v) is 21.2. The van der Waals surface area contributed by atoms with Crippen molar-refractivity contribution in [3.63, 3.8) is 0 Å². The van der Waals surface area contributed by atoms with Crippen LogP contribution in [0.5, 0.6) is 0 Å². The zero-order valence-electron chi connectivity index (χ0n) is 31.3. The van der Waals surface area contributed by atoms with Gasteiger partial charge in [0, 0.05) is 20.8 Å². The van der Waals surface area contributed by atoms with E-state index in [1.54, 1.807) is 60.6 Å². The minimum absolute atomic E-state index is 0.0179. The van der Waals surface area contributed by atoms with Gasteiger partial charge in [-0.3, -0.25) is 19.2 Å². The van der Waals surface area contributed by atoms with Crippen LogP contribution in [0, 0.1) is 5.92 Å². The largest absolute Gasteiger partial charge is 0.474 e. The lowest BCUT2D eigenvalue weighted by molar-refractivity contribution is -0.156. The predicted molar refractivity (Wildman–Crippen MR) is 195 cm³/mol. The minimum atomic E-state index is -1.43. The third kappa shape index (κ3) is 18.4. The smallest absolute Gasteiger partial charge is 0.408 e. The Morgan fingerprint density at radius 1 is 1.10 bits per heavy atom. The van der Waals surface area contributed by atoms with Gasteiger partial charge in [0.1, 0.15) is 29.5 Å². The SMILES string of the molecule is C/C=C(\NC(=O)C1N=C(CNC(=O)OC(C)(C)C)O[C@@H]1C)C(=O)N[C@H](C(=O)O[C@H](/C=C/CCSC(C)=O)CC(=O)OCC[Si](C)(C)C)C(C)C. The number of thioether (sulfide) groups is 1. The first-order chi connectivity index (χ1) is 23.1. The summed E-state index contributed by atoms with van der Waals surface area (Å²) in [7, 11) is -1.43. The van der Waals surface area contributed by atoms with E-state index in [-0.39, 0.29) is 36.3 Å². The molecule has 0 aromatic rings. The van der Waals surface area contributed by atoms with Crippen LogP contribution in [-0.4, -0.2) is 97.7 Å². The Balaban J connectivity index is 2.94. The molecule has 1 unspecified atom stereocenters. The van der Waals surface area contributed by atoms with Crippen molar-refractivity contribution in [2.75, 3.05) is 18.9 Å². The molecule has 0 spiro atoms. The van der Waals surface area contributed by atoms with Gasteiger partial charge in [-0.2, -0.15) is 0 Å². The molecule has 3 N–H and O–H groups in total. The molecular formula is C34H56N4O10SSi. The van der Waals surface area contributed by atoms with Crippen molar-refractivity contribution in [1.29, 1.82) is 0 Å². The lowest BCUT2D eigenvalue weighted by Crippen LogP contribution is -2.49. The molecule has 1 rings (SSSR count). The van der Waals surface area contributed by atoms with Gasteiger partial charge in [0.15, 0.2) is 11.2 Å². The molecule has 0 aromatic heterocycles. The second-order valence-electron chi connectivity index (χ2n) is 14.3. The molecule has 0 radical (unpaired) electrons. The number of ether oxygens (including phenoxy) is 4. The zero-order chi connectivity index (χ0) is 38.2. The lowest BCUT2D eigenvalue weighted by atomic mass is 10.0. The molecule has 1 heterocycles. The lowest BCUT2D eigenvalue weighted by Gasteiger charge is -2.24. The van der Waals surface area contributed by atoms with Crippen LogP contribution >= 0.6 is 11.8 Å². The maximum Gasteiger partial charge on any atom is 0.408 e. The number of hydrogen-bond acceptors (Lipinski definition) is 12. The topological polar surface area (TPSA) is 188 Å². The highest BCUT2D eigenvalue weighted by atomic mass is 32.2. The number of rotatable bonds is 18. The molecule has 0 fully saturated rings. The third-order valence-electron chi connectivity index (χ3n) is 6.79. The van der Waals surface area contributed by atoms with Crippen molar-refractivity contribution >= 4 is 60.7 Å². The summed E-state index contributed by atoms with van der Waals surface area (Å²) in [6.45, 7) is 19.9. The first kappa shape index (κ1) is 44.4. The van der Waals surface area contributed by atoms with Crippen molar-refractivity contribution in [2.45, 2.75) is 124 Å². The number of carbonyl (C=O) groups excluding carboxylic acids is 6. The van der Waals surface area contributed by atoms with E-state index in [0.717, 1.165) is 17.8 Å². The van der Waals surface area contributed by atoms with Crippen LogP contribution in [0.25, 0.3) is 0 Å². The van der Waals surface area contributed by atoms with Crippen molar-refractivity contribution < 1.29 is 47.7 Å². The van der Waals surface area contributed by atoms with E-state index < -0.39 is 73.7 Å². The van der Waals surface area contributed by atoms with Crippen LogP contribution in [0.3, 0.4) is 0 Å².